The van der Waals surface area contributed by atoms with Crippen LogP contribution in [0.25, 0.3) is 21.9 Å². The average molecular weight is 327 g/mol. The number of nitrogens with zero attached hydrogens (tertiary/aromatic N) is 3. The lowest BCUT2D eigenvalue weighted by molar-refractivity contribution is 0.231. The van der Waals surface area contributed by atoms with Crippen molar-refractivity contribution in [2.45, 2.75) is 6.54 Å². The van der Waals surface area contributed by atoms with Crippen molar-refractivity contribution in [3.05, 3.63) is 34.9 Å². The van der Waals surface area contributed by atoms with Crippen molar-refractivity contribution in [1.29, 1.82) is 0 Å². The minimum absolute atomic E-state index is 0.0229. The number of aromatic nitrogens is 3. The van der Waals surface area contributed by atoms with Crippen LogP contribution in [-0.4, -0.2) is 59.3 Å². The first-order chi connectivity index (χ1) is 11.8. The van der Waals surface area contributed by atoms with E-state index in [4.69, 9.17) is 4.74 Å². The first-order valence-corrected chi connectivity index (χ1v) is 8.24. The summed E-state index contributed by atoms with van der Waals surface area (Å²) < 4.78 is 6.94. The first kappa shape index (κ1) is 15.2. The number of hydrogen-bond donors (Lipinski definition) is 2. The summed E-state index contributed by atoms with van der Waals surface area (Å²) in [5.74, 6) is 0.757. The van der Waals surface area contributed by atoms with Gasteiger partial charge in [-0.15, -0.1) is 0 Å². The maximum atomic E-state index is 12.8. The summed E-state index contributed by atoms with van der Waals surface area (Å²) in [5, 5.41) is 4.28. The molecule has 0 spiro atoms. The molecule has 1 aliphatic rings. The lowest BCUT2D eigenvalue weighted by Crippen LogP contribution is -2.45. The van der Waals surface area contributed by atoms with Gasteiger partial charge >= 0.3 is 0 Å². The van der Waals surface area contributed by atoms with Gasteiger partial charge in [0.05, 0.1) is 19.0 Å². The van der Waals surface area contributed by atoms with Crippen LogP contribution in [0.1, 0.15) is 0 Å². The van der Waals surface area contributed by atoms with Gasteiger partial charge in [0.25, 0.3) is 5.56 Å². The molecule has 126 valence electrons. The average Bonchev–Trinajstić information content (AvgIpc) is 3.00. The Balaban J connectivity index is 1.66. The van der Waals surface area contributed by atoms with E-state index in [9.17, 15) is 4.79 Å². The van der Waals surface area contributed by atoms with Gasteiger partial charge in [0.2, 0.25) is 0 Å². The van der Waals surface area contributed by atoms with E-state index < -0.39 is 0 Å². The van der Waals surface area contributed by atoms with Crippen LogP contribution in [0.3, 0.4) is 0 Å². The fourth-order valence-corrected chi connectivity index (χ4v) is 3.24. The smallest absolute Gasteiger partial charge is 0.277 e. The van der Waals surface area contributed by atoms with Gasteiger partial charge in [-0.25, -0.2) is 4.98 Å². The Morgan fingerprint density at radius 3 is 2.88 bits per heavy atom. The Kier molecular flexibility index (Phi) is 3.95. The minimum atomic E-state index is -0.0229. The highest BCUT2D eigenvalue weighted by Crippen LogP contribution is 2.25. The molecule has 7 nitrogen and oxygen atoms in total. The van der Waals surface area contributed by atoms with Gasteiger partial charge in [0, 0.05) is 50.7 Å². The predicted octanol–water partition coefficient (Wildman–Crippen LogP) is 0.792. The van der Waals surface area contributed by atoms with Crippen molar-refractivity contribution in [1.82, 2.24) is 24.8 Å². The molecule has 3 heterocycles. The lowest BCUT2D eigenvalue weighted by atomic mass is 10.2. The monoisotopic (exact) mass is 327 g/mol. The third kappa shape index (κ3) is 2.65. The number of benzene rings is 1. The molecule has 24 heavy (non-hydrogen) atoms. The van der Waals surface area contributed by atoms with E-state index in [1.54, 1.807) is 18.0 Å². The van der Waals surface area contributed by atoms with Crippen LogP contribution in [0, 0.1) is 0 Å². The molecule has 7 heteroatoms. The Hall–Kier alpha value is -2.38. The Labute approximate surface area is 139 Å². The Morgan fingerprint density at radius 2 is 2.08 bits per heavy atom. The van der Waals surface area contributed by atoms with E-state index in [1.807, 2.05) is 18.2 Å². The van der Waals surface area contributed by atoms with Crippen molar-refractivity contribution in [3.8, 4) is 5.75 Å². The molecule has 3 aromatic rings. The highest BCUT2D eigenvalue weighted by Gasteiger charge is 2.13. The molecular formula is C17H21N5O2. The predicted molar refractivity (Wildman–Crippen MR) is 93.7 cm³/mol. The molecule has 0 saturated carbocycles. The molecule has 0 bridgehead atoms. The molecule has 0 radical (unpaired) electrons. The molecule has 1 aliphatic heterocycles. The van der Waals surface area contributed by atoms with Crippen molar-refractivity contribution in [3.63, 3.8) is 0 Å². The molecule has 1 fully saturated rings. The summed E-state index contributed by atoms with van der Waals surface area (Å²) in [6.45, 7) is 5.59. The topological polar surface area (TPSA) is 75.2 Å². The molecule has 1 aromatic carbocycles. The largest absolute Gasteiger partial charge is 0.497 e. The number of piperazine rings is 1. The number of ether oxygens (including phenoxy) is 1. The second-order valence-corrected chi connectivity index (χ2v) is 6.09. The van der Waals surface area contributed by atoms with Gasteiger partial charge in [-0.05, 0) is 12.1 Å². The zero-order valence-electron chi connectivity index (χ0n) is 13.7. The van der Waals surface area contributed by atoms with Crippen LogP contribution in [0.4, 0.5) is 0 Å². The van der Waals surface area contributed by atoms with Crippen molar-refractivity contribution in [2.24, 2.45) is 0 Å². The normalized spacial score (nSPS) is 16.0. The van der Waals surface area contributed by atoms with Crippen molar-refractivity contribution in [2.75, 3.05) is 39.8 Å². The number of hydrogen-bond acceptors (Lipinski definition) is 5. The quantitative estimate of drug-likeness (QED) is 0.741. The zero-order chi connectivity index (χ0) is 16.5. The molecular weight excluding hydrogens is 306 g/mol. The fourth-order valence-electron chi connectivity index (χ4n) is 3.24. The SMILES string of the molecule is COc1ccc2c(c1)[nH]c1c(=O)n(CCN3CCNCC3)cnc12. The second kappa shape index (κ2) is 6.26. The second-order valence-electron chi connectivity index (χ2n) is 6.09. The first-order valence-electron chi connectivity index (χ1n) is 8.24. The highest BCUT2D eigenvalue weighted by atomic mass is 16.5. The summed E-state index contributed by atoms with van der Waals surface area (Å²) in [4.78, 5) is 22.8. The molecule has 0 atom stereocenters. The van der Waals surface area contributed by atoms with Crippen molar-refractivity contribution < 1.29 is 4.74 Å². The third-order valence-corrected chi connectivity index (χ3v) is 4.65. The maximum absolute atomic E-state index is 12.8. The van der Waals surface area contributed by atoms with Crippen molar-refractivity contribution >= 4 is 21.9 Å². The van der Waals surface area contributed by atoms with Gasteiger partial charge in [-0.2, -0.15) is 0 Å². The molecule has 0 aliphatic carbocycles. The Bertz CT molecular complexity index is 924. The van der Waals surface area contributed by atoms with Crippen LogP contribution >= 0.6 is 0 Å². The van der Waals surface area contributed by atoms with E-state index >= 15 is 0 Å². The van der Waals surface area contributed by atoms with E-state index in [2.05, 4.69) is 20.2 Å². The van der Waals surface area contributed by atoms with Crippen LogP contribution in [0.2, 0.25) is 0 Å². The van der Waals surface area contributed by atoms with E-state index in [0.29, 0.717) is 12.1 Å². The number of H-pyrrole nitrogens is 1. The molecule has 0 amide bonds. The number of fused-ring (bicyclic) bond motifs is 3. The van der Waals surface area contributed by atoms with Gasteiger partial charge in [0.15, 0.2) is 0 Å². The Morgan fingerprint density at radius 1 is 1.25 bits per heavy atom. The van der Waals surface area contributed by atoms with Crippen LogP contribution in [0.15, 0.2) is 29.3 Å². The van der Waals surface area contributed by atoms with Gasteiger partial charge in [-0.3, -0.25) is 14.3 Å². The van der Waals surface area contributed by atoms with Gasteiger partial charge < -0.3 is 15.0 Å². The summed E-state index contributed by atoms with van der Waals surface area (Å²) >= 11 is 0. The third-order valence-electron chi connectivity index (χ3n) is 4.65. The number of rotatable bonds is 4. The summed E-state index contributed by atoms with van der Waals surface area (Å²) in [6.07, 6.45) is 1.66. The fraction of sp³-hybridized carbons (Fsp3) is 0.412. The van der Waals surface area contributed by atoms with Crippen LogP contribution in [-0.2, 0) is 6.54 Å². The maximum Gasteiger partial charge on any atom is 0.277 e. The van der Waals surface area contributed by atoms with Gasteiger partial charge in [-0.1, -0.05) is 0 Å². The molecule has 1 saturated heterocycles. The number of aromatic amines is 1. The highest BCUT2D eigenvalue weighted by molar-refractivity contribution is 6.04. The lowest BCUT2D eigenvalue weighted by Gasteiger charge is -2.27. The standard InChI is InChI=1S/C17H21N5O2/c1-24-12-2-3-13-14(10-12)20-16-15(13)19-11-22(17(16)23)9-8-21-6-4-18-5-7-21/h2-3,10-11,18,20H,4-9H2,1H3. The molecule has 4 rings (SSSR count). The van der Waals surface area contributed by atoms with Crippen LogP contribution in [0.5, 0.6) is 5.75 Å². The van der Waals surface area contributed by atoms with E-state index in [-0.39, 0.29) is 5.56 Å². The van der Waals surface area contributed by atoms with Gasteiger partial charge in [0.1, 0.15) is 16.8 Å². The minimum Gasteiger partial charge on any atom is -0.497 e. The number of methoxy groups -OCH3 is 1. The zero-order valence-corrected chi connectivity index (χ0v) is 13.7. The van der Waals surface area contributed by atoms with Crippen LogP contribution < -0.4 is 15.6 Å². The summed E-state index contributed by atoms with van der Waals surface area (Å²) in [5.41, 5.74) is 2.12. The van der Waals surface area contributed by atoms with E-state index in [0.717, 1.165) is 54.9 Å². The summed E-state index contributed by atoms with van der Waals surface area (Å²) in [7, 11) is 1.63. The molecule has 2 N–H and O–H groups in total. The summed E-state index contributed by atoms with van der Waals surface area (Å²) in [6, 6.07) is 5.71. The molecule has 2 aromatic heterocycles. The number of nitrogens with one attached hydrogen (secondary N) is 2. The van der Waals surface area contributed by atoms with E-state index in [1.165, 1.54) is 0 Å². The molecule has 0 unspecified atom stereocenters.